The largest absolute Gasteiger partial charge is 0.435 e. The van der Waals surface area contributed by atoms with Gasteiger partial charge in [0.25, 0.3) is 0 Å². The third-order valence-electron chi connectivity index (χ3n) is 3.81. The molecule has 0 unspecified atom stereocenters. The Morgan fingerprint density at radius 2 is 1.94 bits per heavy atom. The van der Waals surface area contributed by atoms with E-state index in [0.717, 1.165) is 25.3 Å². The van der Waals surface area contributed by atoms with Crippen LogP contribution in [0.4, 0.5) is 13.2 Å². The molecule has 0 aliphatic heterocycles. The molecule has 1 N–H and O–H groups in total. The number of hydrogen-bond donors (Lipinski definition) is 1. The van der Waals surface area contributed by atoms with E-state index < -0.39 is 18.0 Å². The number of aliphatic hydroxyl groups excluding tert-OH is 1. The van der Waals surface area contributed by atoms with E-state index in [2.05, 4.69) is 5.10 Å². The van der Waals surface area contributed by atoms with Crippen LogP contribution in [0.1, 0.15) is 55.5 Å². The average Bonchev–Trinajstić information content (AvgIpc) is 2.87. The first kappa shape index (κ1) is 12.0. The van der Waals surface area contributed by atoms with Crippen LogP contribution < -0.4 is 0 Å². The molecule has 1 aromatic heterocycles. The van der Waals surface area contributed by atoms with Gasteiger partial charge in [-0.25, -0.2) is 0 Å². The fourth-order valence-electron chi connectivity index (χ4n) is 2.70. The van der Waals surface area contributed by atoms with Crippen LogP contribution in [0.25, 0.3) is 0 Å². The Kier molecular flexibility index (Phi) is 2.66. The van der Waals surface area contributed by atoms with Crippen LogP contribution >= 0.6 is 0 Å². The Labute approximate surface area is 103 Å². The Bertz CT molecular complexity index is 451. The van der Waals surface area contributed by atoms with Crippen molar-refractivity contribution in [1.82, 2.24) is 9.78 Å². The van der Waals surface area contributed by atoms with Crippen molar-refractivity contribution in [3.63, 3.8) is 0 Å². The van der Waals surface area contributed by atoms with Crippen molar-refractivity contribution in [3.8, 4) is 0 Å². The summed E-state index contributed by atoms with van der Waals surface area (Å²) in [5.41, 5.74) is -0.184. The van der Waals surface area contributed by atoms with Crippen molar-refractivity contribution in [3.05, 3.63) is 17.5 Å². The van der Waals surface area contributed by atoms with Gasteiger partial charge in [-0.05, 0) is 38.2 Å². The number of aliphatic hydroxyl groups is 1. The molecule has 100 valence electrons. The Hall–Kier alpha value is -1.04. The van der Waals surface area contributed by atoms with Gasteiger partial charge in [0, 0.05) is 11.6 Å². The molecule has 2 aliphatic carbocycles. The lowest BCUT2D eigenvalue weighted by molar-refractivity contribution is -0.141. The van der Waals surface area contributed by atoms with Crippen molar-refractivity contribution in [2.24, 2.45) is 0 Å². The van der Waals surface area contributed by atoms with Gasteiger partial charge in [-0.1, -0.05) is 0 Å². The summed E-state index contributed by atoms with van der Waals surface area (Å²) in [7, 11) is 0. The molecule has 2 saturated carbocycles. The van der Waals surface area contributed by atoms with Crippen LogP contribution in [-0.4, -0.2) is 21.0 Å². The topological polar surface area (TPSA) is 38.0 Å². The first-order valence-electron chi connectivity index (χ1n) is 6.31. The minimum atomic E-state index is -4.40. The quantitative estimate of drug-likeness (QED) is 0.887. The van der Waals surface area contributed by atoms with E-state index in [1.165, 1.54) is 4.68 Å². The Morgan fingerprint density at radius 3 is 2.44 bits per heavy atom. The van der Waals surface area contributed by atoms with Crippen molar-refractivity contribution >= 4 is 0 Å². The van der Waals surface area contributed by atoms with Crippen molar-refractivity contribution in [2.45, 2.75) is 56.3 Å². The van der Waals surface area contributed by atoms with Gasteiger partial charge >= 0.3 is 6.18 Å². The maximum atomic E-state index is 12.7. The third kappa shape index (κ3) is 2.02. The zero-order chi connectivity index (χ0) is 12.9. The van der Waals surface area contributed by atoms with Gasteiger partial charge in [0.1, 0.15) is 0 Å². The number of aromatic nitrogens is 2. The second-order valence-electron chi connectivity index (χ2n) is 5.24. The molecule has 0 spiro atoms. The fourth-order valence-corrected chi connectivity index (χ4v) is 2.70. The SMILES string of the molecule is O[C@H]1CCC[C@@H]1n1nc(C(F)(F)F)cc1C1CC1. The highest BCUT2D eigenvalue weighted by Gasteiger charge is 2.40. The Morgan fingerprint density at radius 1 is 1.22 bits per heavy atom. The van der Waals surface area contributed by atoms with E-state index in [4.69, 9.17) is 0 Å². The highest BCUT2D eigenvalue weighted by molar-refractivity contribution is 5.22. The summed E-state index contributed by atoms with van der Waals surface area (Å²) in [5, 5.41) is 13.5. The summed E-state index contributed by atoms with van der Waals surface area (Å²) in [6, 6.07) is 0.875. The highest BCUT2D eigenvalue weighted by atomic mass is 19.4. The molecule has 0 bridgehead atoms. The molecule has 18 heavy (non-hydrogen) atoms. The van der Waals surface area contributed by atoms with Gasteiger partial charge in [-0.2, -0.15) is 18.3 Å². The van der Waals surface area contributed by atoms with E-state index in [1.807, 2.05) is 0 Å². The molecule has 2 fully saturated rings. The Balaban J connectivity index is 1.98. The molecule has 2 atom stereocenters. The molecular formula is C12H15F3N2O. The number of rotatable bonds is 2. The molecule has 0 amide bonds. The summed E-state index contributed by atoms with van der Waals surface area (Å²) in [6.07, 6.45) is -0.924. The predicted molar refractivity (Wildman–Crippen MR) is 58.1 cm³/mol. The van der Waals surface area contributed by atoms with Gasteiger partial charge in [0.05, 0.1) is 12.1 Å². The molecule has 1 aromatic rings. The highest BCUT2D eigenvalue weighted by Crippen LogP contribution is 2.44. The monoisotopic (exact) mass is 260 g/mol. The van der Waals surface area contributed by atoms with Crippen LogP contribution in [-0.2, 0) is 6.18 Å². The van der Waals surface area contributed by atoms with Crippen molar-refractivity contribution in [1.29, 1.82) is 0 Å². The van der Waals surface area contributed by atoms with E-state index in [0.29, 0.717) is 18.5 Å². The third-order valence-corrected chi connectivity index (χ3v) is 3.81. The lowest BCUT2D eigenvalue weighted by atomic mass is 10.2. The van der Waals surface area contributed by atoms with Crippen LogP contribution in [0.2, 0.25) is 0 Å². The van der Waals surface area contributed by atoms with Crippen LogP contribution in [0.15, 0.2) is 6.07 Å². The minimum absolute atomic E-state index is 0.196. The number of nitrogens with zero attached hydrogens (tertiary/aromatic N) is 2. The van der Waals surface area contributed by atoms with Gasteiger partial charge in [-0.15, -0.1) is 0 Å². The molecule has 0 radical (unpaired) electrons. The van der Waals surface area contributed by atoms with Gasteiger partial charge < -0.3 is 5.11 Å². The smallest absolute Gasteiger partial charge is 0.391 e. The van der Waals surface area contributed by atoms with Gasteiger partial charge in [0.15, 0.2) is 5.69 Å². The number of alkyl halides is 3. The van der Waals surface area contributed by atoms with E-state index >= 15 is 0 Å². The van der Waals surface area contributed by atoms with Crippen molar-refractivity contribution in [2.75, 3.05) is 0 Å². The predicted octanol–water partition coefficient (Wildman–Crippen LogP) is 2.87. The summed E-state index contributed by atoms with van der Waals surface area (Å²) < 4.78 is 39.6. The summed E-state index contributed by atoms with van der Waals surface area (Å²) in [6.45, 7) is 0. The first-order chi connectivity index (χ1) is 8.47. The second-order valence-corrected chi connectivity index (χ2v) is 5.24. The number of hydrogen-bond acceptors (Lipinski definition) is 2. The molecular weight excluding hydrogens is 245 g/mol. The summed E-state index contributed by atoms with van der Waals surface area (Å²) >= 11 is 0. The normalized spacial score (nSPS) is 28.9. The molecule has 3 nitrogen and oxygen atoms in total. The zero-order valence-corrected chi connectivity index (χ0v) is 9.82. The standard InChI is InChI=1S/C12H15F3N2O/c13-12(14,15)11-6-9(7-4-5-7)17(16-11)8-2-1-3-10(8)18/h6-8,10,18H,1-5H2/t8-,10-/m0/s1. The molecule has 1 heterocycles. The fraction of sp³-hybridized carbons (Fsp3) is 0.750. The molecule has 0 saturated heterocycles. The van der Waals surface area contributed by atoms with Gasteiger partial charge in [0.2, 0.25) is 0 Å². The lowest BCUT2D eigenvalue weighted by Gasteiger charge is -2.18. The summed E-state index contributed by atoms with van der Waals surface area (Å²) in [5.74, 6) is 0.196. The lowest BCUT2D eigenvalue weighted by Crippen LogP contribution is -2.21. The van der Waals surface area contributed by atoms with Gasteiger partial charge in [-0.3, -0.25) is 4.68 Å². The van der Waals surface area contributed by atoms with E-state index in [1.54, 1.807) is 0 Å². The van der Waals surface area contributed by atoms with E-state index in [-0.39, 0.29) is 12.0 Å². The molecule has 2 aliphatic rings. The maximum Gasteiger partial charge on any atom is 0.435 e. The van der Waals surface area contributed by atoms with Crippen LogP contribution in [0.3, 0.4) is 0 Å². The molecule has 3 rings (SSSR count). The second kappa shape index (κ2) is 3.98. The first-order valence-corrected chi connectivity index (χ1v) is 6.31. The number of halogens is 3. The summed E-state index contributed by atoms with van der Waals surface area (Å²) in [4.78, 5) is 0. The molecule has 6 heteroatoms. The van der Waals surface area contributed by atoms with Crippen LogP contribution in [0.5, 0.6) is 0 Å². The maximum absolute atomic E-state index is 12.7. The minimum Gasteiger partial charge on any atom is -0.391 e. The van der Waals surface area contributed by atoms with Crippen LogP contribution in [0, 0.1) is 0 Å². The molecule has 0 aromatic carbocycles. The zero-order valence-electron chi connectivity index (χ0n) is 9.82. The average molecular weight is 260 g/mol. The van der Waals surface area contributed by atoms with Crippen molar-refractivity contribution < 1.29 is 18.3 Å². The van der Waals surface area contributed by atoms with E-state index in [9.17, 15) is 18.3 Å².